The van der Waals surface area contributed by atoms with Crippen molar-refractivity contribution >= 4 is 32.3 Å². The maximum atomic E-state index is 2.41. The minimum atomic E-state index is 1.21. The van der Waals surface area contributed by atoms with Crippen molar-refractivity contribution in [2.45, 2.75) is 0 Å². The lowest BCUT2D eigenvalue weighted by atomic mass is 9.82. The molecule has 9 aromatic rings. The minimum absolute atomic E-state index is 1.21. The summed E-state index contributed by atoms with van der Waals surface area (Å²) in [6.45, 7) is 0. The third kappa shape index (κ3) is 4.87. The van der Waals surface area contributed by atoms with E-state index in [1.165, 1.54) is 88.0 Å². The van der Waals surface area contributed by atoms with Gasteiger partial charge in [-0.1, -0.05) is 182 Å². The Morgan fingerprint density at radius 2 is 0.646 bits per heavy atom. The standard InChI is InChI=1S/C48H32/c1-3-13-33(14-4-1)35-23-26-37(27-24-35)47-42-19-9-11-21-44(42)48(45-22-12-10-20-43(45)47)46-32-40(29-30-41(46)36-16-5-2-6-17-36)39-28-25-34-15-7-8-18-38(34)31-39/h1-32H. The molecule has 0 spiro atoms. The van der Waals surface area contributed by atoms with Crippen LogP contribution in [0.5, 0.6) is 0 Å². The maximum absolute atomic E-state index is 2.41. The summed E-state index contributed by atoms with van der Waals surface area (Å²) in [4.78, 5) is 0. The first-order valence-corrected chi connectivity index (χ1v) is 16.6. The van der Waals surface area contributed by atoms with Crippen LogP contribution in [-0.2, 0) is 0 Å². The van der Waals surface area contributed by atoms with Gasteiger partial charge in [-0.25, -0.2) is 0 Å². The first kappa shape index (κ1) is 28.0. The van der Waals surface area contributed by atoms with Gasteiger partial charge >= 0.3 is 0 Å². The van der Waals surface area contributed by atoms with Crippen molar-refractivity contribution in [1.29, 1.82) is 0 Å². The van der Waals surface area contributed by atoms with Gasteiger partial charge in [-0.3, -0.25) is 0 Å². The smallest absolute Gasteiger partial charge is 0.00199 e. The van der Waals surface area contributed by atoms with Crippen molar-refractivity contribution in [1.82, 2.24) is 0 Å². The molecule has 0 amide bonds. The van der Waals surface area contributed by atoms with Crippen LogP contribution in [-0.4, -0.2) is 0 Å². The number of rotatable bonds is 5. The zero-order chi connectivity index (χ0) is 31.9. The molecule has 0 aromatic heterocycles. The summed E-state index contributed by atoms with van der Waals surface area (Å²) < 4.78 is 0. The van der Waals surface area contributed by atoms with E-state index >= 15 is 0 Å². The summed E-state index contributed by atoms with van der Waals surface area (Å²) in [6, 6.07) is 70.8. The molecule has 0 radical (unpaired) electrons. The molecule has 0 heteroatoms. The fraction of sp³-hybridized carbons (Fsp3) is 0. The second-order valence-corrected chi connectivity index (χ2v) is 12.5. The molecule has 0 aliphatic rings. The van der Waals surface area contributed by atoms with E-state index in [1.54, 1.807) is 0 Å². The van der Waals surface area contributed by atoms with Gasteiger partial charge in [-0.15, -0.1) is 0 Å². The molecule has 0 heterocycles. The number of hydrogen-bond acceptors (Lipinski definition) is 0. The molecule has 0 nitrogen and oxygen atoms in total. The Labute approximate surface area is 281 Å². The van der Waals surface area contributed by atoms with Crippen LogP contribution in [0, 0.1) is 0 Å². The normalized spacial score (nSPS) is 11.3. The van der Waals surface area contributed by atoms with Gasteiger partial charge in [0.1, 0.15) is 0 Å². The van der Waals surface area contributed by atoms with Crippen molar-refractivity contribution in [3.8, 4) is 55.6 Å². The molecular formula is C48H32. The topological polar surface area (TPSA) is 0 Å². The lowest BCUT2D eigenvalue weighted by molar-refractivity contribution is 1.59. The van der Waals surface area contributed by atoms with Gasteiger partial charge in [0, 0.05) is 0 Å². The van der Waals surface area contributed by atoms with Gasteiger partial charge in [-0.05, 0) is 100 Å². The average molecular weight is 609 g/mol. The summed E-state index contributed by atoms with van der Waals surface area (Å²) >= 11 is 0. The van der Waals surface area contributed by atoms with Crippen molar-refractivity contribution in [2.75, 3.05) is 0 Å². The Morgan fingerprint density at radius 1 is 0.208 bits per heavy atom. The molecule has 0 bridgehead atoms. The average Bonchev–Trinajstić information content (AvgIpc) is 3.17. The summed E-state index contributed by atoms with van der Waals surface area (Å²) in [5.74, 6) is 0. The largest absolute Gasteiger partial charge is 0.0622 e. The fourth-order valence-electron chi connectivity index (χ4n) is 7.36. The molecule has 48 heavy (non-hydrogen) atoms. The highest BCUT2D eigenvalue weighted by atomic mass is 14.2. The van der Waals surface area contributed by atoms with Crippen LogP contribution in [0.1, 0.15) is 0 Å². The zero-order valence-corrected chi connectivity index (χ0v) is 26.5. The highest BCUT2D eigenvalue weighted by molar-refractivity contribution is 6.22. The van der Waals surface area contributed by atoms with Crippen LogP contribution in [0.4, 0.5) is 0 Å². The quantitative estimate of drug-likeness (QED) is 0.171. The molecule has 0 N–H and O–H groups in total. The van der Waals surface area contributed by atoms with E-state index in [-0.39, 0.29) is 0 Å². The summed E-state index contributed by atoms with van der Waals surface area (Å²) in [5.41, 5.74) is 12.3. The van der Waals surface area contributed by atoms with E-state index in [0.29, 0.717) is 0 Å². The number of benzene rings is 9. The van der Waals surface area contributed by atoms with Gasteiger partial charge in [-0.2, -0.15) is 0 Å². The predicted octanol–water partition coefficient (Wildman–Crippen LogP) is 13.5. The van der Waals surface area contributed by atoms with Crippen molar-refractivity contribution < 1.29 is 0 Å². The second-order valence-electron chi connectivity index (χ2n) is 12.5. The van der Waals surface area contributed by atoms with Gasteiger partial charge < -0.3 is 0 Å². The van der Waals surface area contributed by atoms with Crippen LogP contribution in [0.15, 0.2) is 194 Å². The van der Waals surface area contributed by atoms with Crippen LogP contribution >= 0.6 is 0 Å². The van der Waals surface area contributed by atoms with E-state index < -0.39 is 0 Å². The van der Waals surface area contributed by atoms with E-state index in [0.717, 1.165) is 0 Å². The summed E-state index contributed by atoms with van der Waals surface area (Å²) in [5, 5.41) is 7.54. The Kier molecular flexibility index (Phi) is 6.91. The van der Waals surface area contributed by atoms with Crippen LogP contribution in [0.2, 0.25) is 0 Å². The summed E-state index contributed by atoms with van der Waals surface area (Å²) in [6.07, 6.45) is 0. The first-order valence-electron chi connectivity index (χ1n) is 16.6. The van der Waals surface area contributed by atoms with Crippen molar-refractivity contribution in [2.24, 2.45) is 0 Å². The molecule has 0 unspecified atom stereocenters. The molecule has 224 valence electrons. The third-order valence-electron chi connectivity index (χ3n) is 9.67. The molecule has 0 saturated heterocycles. The number of fused-ring (bicyclic) bond motifs is 3. The van der Waals surface area contributed by atoms with Gasteiger partial charge in [0.25, 0.3) is 0 Å². The monoisotopic (exact) mass is 608 g/mol. The van der Waals surface area contributed by atoms with Gasteiger partial charge in [0.15, 0.2) is 0 Å². The molecular weight excluding hydrogens is 577 g/mol. The highest BCUT2D eigenvalue weighted by Gasteiger charge is 2.20. The Balaban J connectivity index is 1.31. The molecule has 0 saturated carbocycles. The van der Waals surface area contributed by atoms with Crippen LogP contribution < -0.4 is 0 Å². The predicted molar refractivity (Wildman–Crippen MR) is 206 cm³/mol. The molecule has 0 aliphatic carbocycles. The van der Waals surface area contributed by atoms with E-state index in [4.69, 9.17) is 0 Å². The van der Waals surface area contributed by atoms with Crippen LogP contribution in [0.3, 0.4) is 0 Å². The highest BCUT2D eigenvalue weighted by Crippen LogP contribution is 2.47. The lowest BCUT2D eigenvalue weighted by Crippen LogP contribution is -1.93. The van der Waals surface area contributed by atoms with E-state index in [9.17, 15) is 0 Å². The van der Waals surface area contributed by atoms with Crippen molar-refractivity contribution in [3.63, 3.8) is 0 Å². The molecule has 0 fully saturated rings. The molecule has 9 rings (SSSR count). The Morgan fingerprint density at radius 3 is 1.29 bits per heavy atom. The molecule has 0 aliphatic heterocycles. The summed E-state index contributed by atoms with van der Waals surface area (Å²) in [7, 11) is 0. The van der Waals surface area contributed by atoms with Crippen molar-refractivity contribution in [3.05, 3.63) is 194 Å². The lowest BCUT2D eigenvalue weighted by Gasteiger charge is -2.21. The number of hydrogen-bond donors (Lipinski definition) is 0. The minimum Gasteiger partial charge on any atom is -0.0622 e. The molecule has 9 aromatic carbocycles. The first-order chi connectivity index (χ1) is 23.8. The van der Waals surface area contributed by atoms with E-state index in [1.807, 2.05) is 0 Å². The Hall–Kier alpha value is -6.24. The second kappa shape index (κ2) is 11.8. The molecule has 0 atom stereocenters. The van der Waals surface area contributed by atoms with Crippen LogP contribution in [0.25, 0.3) is 88.0 Å². The maximum Gasteiger partial charge on any atom is -0.00199 e. The fourth-order valence-corrected chi connectivity index (χ4v) is 7.36. The van der Waals surface area contributed by atoms with Gasteiger partial charge in [0.05, 0.1) is 0 Å². The zero-order valence-electron chi connectivity index (χ0n) is 26.5. The van der Waals surface area contributed by atoms with E-state index in [2.05, 4.69) is 194 Å². The van der Waals surface area contributed by atoms with Gasteiger partial charge in [0.2, 0.25) is 0 Å². The SMILES string of the molecule is c1ccc(-c2ccc(-c3c4ccccc4c(-c4cc(-c5ccc6ccccc6c5)ccc4-c4ccccc4)c4ccccc34)cc2)cc1. The Bertz CT molecular complexity index is 2520. The third-order valence-corrected chi connectivity index (χ3v) is 9.67.